The molecule has 0 radical (unpaired) electrons. The summed E-state index contributed by atoms with van der Waals surface area (Å²) in [6, 6.07) is 6.06. The molecular weight excluding hydrogens is 340 g/mol. The van der Waals surface area contributed by atoms with Crippen molar-refractivity contribution in [2.75, 3.05) is 32.8 Å². The van der Waals surface area contributed by atoms with Gasteiger partial charge in [-0.05, 0) is 49.3 Å². The summed E-state index contributed by atoms with van der Waals surface area (Å²) in [4.78, 5) is 14.2. The summed E-state index contributed by atoms with van der Waals surface area (Å²) in [5, 5.41) is 3.28. The van der Waals surface area contributed by atoms with Gasteiger partial charge >= 0.3 is 0 Å². The average Bonchev–Trinajstić information content (AvgIpc) is 2.86. The monoisotopic (exact) mass is 375 g/mol. The third kappa shape index (κ3) is 5.86. The van der Waals surface area contributed by atoms with Gasteiger partial charge in [0, 0.05) is 6.42 Å². The zero-order valence-electron chi connectivity index (χ0n) is 16.9. The number of carbonyl (C=O) groups excluding carboxylic acids is 1. The highest BCUT2D eigenvalue weighted by Gasteiger charge is 2.23. The molecule has 0 bridgehead atoms. The second-order valence-electron chi connectivity index (χ2n) is 8.24. The third-order valence-electron chi connectivity index (χ3n) is 5.59. The van der Waals surface area contributed by atoms with Gasteiger partial charge in [0.15, 0.2) is 18.0 Å². The zero-order chi connectivity index (χ0) is 19.1. The first-order valence-corrected chi connectivity index (χ1v) is 10.7. The predicted octanol–water partition coefficient (Wildman–Crippen LogP) is 2.51. The Bertz CT molecular complexity index is 610. The first-order chi connectivity index (χ1) is 13.1. The molecule has 2 aliphatic heterocycles. The molecule has 27 heavy (non-hydrogen) atoms. The number of hydrogen-bond donors (Lipinski definition) is 2. The van der Waals surface area contributed by atoms with Gasteiger partial charge in [-0.1, -0.05) is 26.3 Å². The molecule has 3 rings (SSSR count). The molecule has 150 valence electrons. The number of amides is 1. The van der Waals surface area contributed by atoms with E-state index >= 15 is 0 Å². The summed E-state index contributed by atoms with van der Waals surface area (Å²) in [5.41, 5.74) is 1.09. The van der Waals surface area contributed by atoms with Gasteiger partial charge in [0.2, 0.25) is 0 Å². The van der Waals surface area contributed by atoms with Gasteiger partial charge in [0.1, 0.15) is 0 Å². The van der Waals surface area contributed by atoms with Crippen LogP contribution in [0.3, 0.4) is 0 Å². The standard InChI is InChI=1S/C22H34N2O3/c1-17(2)22(18-9-10-19-20(15-18)27-14-8-13-26-19)23-21(25)16-24-11-6-4-3-5-7-12-24/h9-10,15,17,22H,3-8,11-14,16H2,1-2H3,(H,23,25)/p+1/t22-/m0/s1. The van der Waals surface area contributed by atoms with Crippen molar-refractivity contribution in [1.29, 1.82) is 0 Å². The van der Waals surface area contributed by atoms with Crippen LogP contribution in [-0.4, -0.2) is 38.8 Å². The quantitative estimate of drug-likeness (QED) is 0.831. The fourth-order valence-corrected chi connectivity index (χ4v) is 4.04. The molecule has 1 fully saturated rings. The maximum Gasteiger partial charge on any atom is 0.275 e. The molecule has 2 heterocycles. The van der Waals surface area contributed by atoms with Gasteiger partial charge in [-0.2, -0.15) is 0 Å². The van der Waals surface area contributed by atoms with Crippen molar-refractivity contribution in [2.45, 2.75) is 58.4 Å². The average molecular weight is 376 g/mol. The number of quaternary nitrogens is 1. The molecule has 1 aromatic rings. The maximum atomic E-state index is 12.8. The third-order valence-corrected chi connectivity index (χ3v) is 5.59. The molecule has 0 spiro atoms. The lowest BCUT2D eigenvalue weighted by Crippen LogP contribution is -3.13. The van der Waals surface area contributed by atoms with Gasteiger partial charge in [-0.25, -0.2) is 0 Å². The number of nitrogens with one attached hydrogen (secondary N) is 2. The summed E-state index contributed by atoms with van der Waals surface area (Å²) >= 11 is 0. The normalized spacial score (nSPS) is 19.7. The highest BCUT2D eigenvalue weighted by Crippen LogP contribution is 2.34. The number of ether oxygens (including phenoxy) is 2. The summed E-state index contributed by atoms with van der Waals surface area (Å²) in [7, 11) is 0. The highest BCUT2D eigenvalue weighted by molar-refractivity contribution is 5.77. The Morgan fingerprint density at radius 2 is 1.67 bits per heavy atom. The second-order valence-corrected chi connectivity index (χ2v) is 8.24. The van der Waals surface area contributed by atoms with Gasteiger partial charge in [-0.3, -0.25) is 4.79 Å². The number of benzene rings is 1. The van der Waals surface area contributed by atoms with Crippen LogP contribution in [0.15, 0.2) is 18.2 Å². The molecule has 5 heteroatoms. The molecule has 1 atom stereocenters. The van der Waals surface area contributed by atoms with E-state index in [2.05, 4.69) is 25.2 Å². The van der Waals surface area contributed by atoms with Crippen LogP contribution in [0.4, 0.5) is 0 Å². The Kier molecular flexibility index (Phi) is 7.39. The van der Waals surface area contributed by atoms with Gasteiger partial charge in [0.05, 0.1) is 32.3 Å². The van der Waals surface area contributed by atoms with Crippen molar-refractivity contribution in [3.05, 3.63) is 23.8 Å². The summed E-state index contributed by atoms with van der Waals surface area (Å²) in [6.07, 6.45) is 7.32. The van der Waals surface area contributed by atoms with E-state index in [1.807, 2.05) is 12.1 Å². The van der Waals surface area contributed by atoms with E-state index < -0.39 is 0 Å². The van der Waals surface area contributed by atoms with Gasteiger partial charge in [0.25, 0.3) is 5.91 Å². The number of hydrogen-bond acceptors (Lipinski definition) is 3. The lowest BCUT2D eigenvalue weighted by molar-refractivity contribution is -0.893. The van der Waals surface area contributed by atoms with Crippen molar-refractivity contribution in [3.8, 4) is 11.5 Å². The molecule has 2 aliphatic rings. The molecule has 1 amide bonds. The fraction of sp³-hybridized carbons (Fsp3) is 0.682. The van der Waals surface area contributed by atoms with Crippen molar-refractivity contribution in [2.24, 2.45) is 5.92 Å². The maximum absolute atomic E-state index is 12.8. The SMILES string of the molecule is CC(C)[C@H](NC(=O)C[NH+]1CCCCCCC1)c1ccc2c(c1)OCCCO2. The van der Waals surface area contributed by atoms with Crippen LogP contribution in [0.2, 0.25) is 0 Å². The summed E-state index contributed by atoms with van der Waals surface area (Å²) in [6.45, 7) is 8.47. The van der Waals surface area contributed by atoms with Crippen LogP contribution in [0, 0.1) is 5.92 Å². The summed E-state index contributed by atoms with van der Waals surface area (Å²) in [5.74, 6) is 2.05. The molecule has 2 N–H and O–H groups in total. The Hall–Kier alpha value is -1.75. The van der Waals surface area contributed by atoms with E-state index in [1.54, 1.807) is 0 Å². The first-order valence-electron chi connectivity index (χ1n) is 10.7. The predicted molar refractivity (Wildman–Crippen MR) is 106 cm³/mol. The number of likely N-dealkylation sites (tertiary alicyclic amines) is 1. The van der Waals surface area contributed by atoms with Gasteiger partial charge < -0.3 is 19.7 Å². The molecular formula is C22H35N2O3+. The molecule has 0 aliphatic carbocycles. The lowest BCUT2D eigenvalue weighted by atomic mass is 9.95. The molecule has 5 nitrogen and oxygen atoms in total. The minimum atomic E-state index is -0.0104. The highest BCUT2D eigenvalue weighted by atomic mass is 16.5. The van der Waals surface area contributed by atoms with Crippen LogP contribution in [-0.2, 0) is 4.79 Å². The topological polar surface area (TPSA) is 52.0 Å². The molecule has 0 saturated carbocycles. The van der Waals surface area contributed by atoms with E-state index in [9.17, 15) is 4.79 Å². The van der Waals surface area contributed by atoms with Crippen LogP contribution in [0.1, 0.15) is 64.0 Å². The van der Waals surface area contributed by atoms with Crippen LogP contribution in [0.25, 0.3) is 0 Å². The van der Waals surface area contributed by atoms with Crippen LogP contribution in [0.5, 0.6) is 11.5 Å². The van der Waals surface area contributed by atoms with E-state index in [0.29, 0.717) is 25.7 Å². The zero-order valence-corrected chi connectivity index (χ0v) is 16.9. The van der Waals surface area contributed by atoms with E-state index in [0.717, 1.165) is 36.6 Å². The minimum Gasteiger partial charge on any atom is -0.490 e. The lowest BCUT2D eigenvalue weighted by Gasteiger charge is -2.26. The molecule has 0 aromatic heterocycles. The Labute approximate surface area is 163 Å². The second kappa shape index (κ2) is 9.98. The van der Waals surface area contributed by atoms with E-state index in [-0.39, 0.29) is 11.9 Å². The van der Waals surface area contributed by atoms with Crippen molar-refractivity contribution in [1.82, 2.24) is 5.32 Å². The number of fused-ring (bicyclic) bond motifs is 1. The first kappa shape index (κ1) is 20.0. The number of carbonyl (C=O) groups is 1. The fourth-order valence-electron chi connectivity index (χ4n) is 4.04. The van der Waals surface area contributed by atoms with Crippen molar-refractivity contribution >= 4 is 5.91 Å². The number of rotatable bonds is 5. The van der Waals surface area contributed by atoms with Crippen LogP contribution >= 0.6 is 0 Å². The smallest absolute Gasteiger partial charge is 0.275 e. The largest absolute Gasteiger partial charge is 0.490 e. The van der Waals surface area contributed by atoms with Crippen LogP contribution < -0.4 is 19.7 Å². The summed E-state index contributed by atoms with van der Waals surface area (Å²) < 4.78 is 11.6. The Morgan fingerprint density at radius 1 is 1.00 bits per heavy atom. The Balaban J connectivity index is 1.64. The van der Waals surface area contributed by atoms with E-state index in [1.165, 1.54) is 37.0 Å². The molecule has 0 unspecified atom stereocenters. The van der Waals surface area contributed by atoms with E-state index in [4.69, 9.17) is 9.47 Å². The minimum absolute atomic E-state index is 0.0104. The van der Waals surface area contributed by atoms with Crippen molar-refractivity contribution in [3.63, 3.8) is 0 Å². The van der Waals surface area contributed by atoms with Crippen molar-refractivity contribution < 1.29 is 19.2 Å². The molecule has 1 saturated heterocycles. The molecule has 1 aromatic carbocycles. The van der Waals surface area contributed by atoms with Gasteiger partial charge in [-0.15, -0.1) is 0 Å². The Morgan fingerprint density at radius 3 is 2.37 bits per heavy atom.